The Morgan fingerprint density at radius 2 is 0.877 bits per heavy atom. The highest BCUT2D eigenvalue weighted by Crippen LogP contribution is 2.11. The predicted molar refractivity (Wildman–Crippen MR) is 271 cm³/mol. The van der Waals surface area contributed by atoms with Crippen LogP contribution in [0, 0.1) is 0 Å². The lowest BCUT2D eigenvalue weighted by Gasteiger charge is -2.25. The van der Waals surface area contributed by atoms with Crippen LogP contribution in [0.5, 0.6) is 0 Å². The van der Waals surface area contributed by atoms with Crippen molar-refractivity contribution in [3.63, 3.8) is 0 Å². The number of allylic oxidation sites excluding steroid dienone is 20. The van der Waals surface area contributed by atoms with Crippen LogP contribution in [-0.4, -0.2) is 87.4 Å². The highest BCUT2D eigenvalue weighted by atomic mass is 16.7. The van der Waals surface area contributed by atoms with Crippen LogP contribution in [0.1, 0.15) is 155 Å². The molecule has 366 valence electrons. The van der Waals surface area contributed by atoms with Gasteiger partial charge in [-0.05, 0) is 89.9 Å². The summed E-state index contributed by atoms with van der Waals surface area (Å²) >= 11 is 0. The number of nitrogens with zero attached hydrogens (tertiary/aromatic N) is 1. The van der Waals surface area contributed by atoms with Crippen molar-refractivity contribution in [1.82, 2.24) is 0 Å². The number of aliphatic carboxylic acids is 1. The molecule has 0 aromatic rings. The molecule has 0 aromatic carbocycles. The lowest BCUT2D eigenvalue weighted by Crippen LogP contribution is -2.40. The molecule has 0 rings (SSSR count). The van der Waals surface area contributed by atoms with Gasteiger partial charge in [-0.3, -0.25) is 9.59 Å². The second kappa shape index (κ2) is 46.2. The molecule has 0 aliphatic carbocycles. The van der Waals surface area contributed by atoms with Gasteiger partial charge >= 0.3 is 17.9 Å². The summed E-state index contributed by atoms with van der Waals surface area (Å²) in [6, 6.07) is 0. The standard InChI is InChI=1S/C56H89NO8/c1-6-8-10-12-13-14-15-16-17-18-19-20-21-22-23-24-25-26-27-28-29-30-31-32-33-34-35-36-37-38-39-40-41-43-45-47-54(59)65-52(50-63-53(58)46-44-42-11-9-7-2)51-64-56(55(60)61)62-49-48-57(3,4)5/h8,10,13-14,16-17,19-20,22-23,25-26,28-29,31-32,34-35,37-38,52,56H,6-7,9,11-12,15,18,21,24,27,30,33,36,39-51H2,1-5H3/p+1/b10-8-,14-13-,17-16-,20-19-,23-22-,26-25-,29-28-,32-31-,35-34-,38-37-. The van der Waals surface area contributed by atoms with E-state index in [-0.39, 0.29) is 38.6 Å². The van der Waals surface area contributed by atoms with Crippen LogP contribution in [-0.2, 0) is 33.3 Å². The van der Waals surface area contributed by atoms with Gasteiger partial charge in [0.25, 0.3) is 6.29 Å². The quantitative estimate of drug-likeness (QED) is 0.0212. The average molecular weight is 905 g/mol. The predicted octanol–water partition coefficient (Wildman–Crippen LogP) is 13.8. The number of hydrogen-bond acceptors (Lipinski definition) is 7. The average Bonchev–Trinajstić information content (AvgIpc) is 3.27. The van der Waals surface area contributed by atoms with Gasteiger partial charge in [-0.25, -0.2) is 4.79 Å². The number of ether oxygens (including phenoxy) is 4. The van der Waals surface area contributed by atoms with E-state index in [0.29, 0.717) is 17.4 Å². The lowest BCUT2D eigenvalue weighted by molar-refractivity contribution is -0.870. The molecular weight excluding hydrogens is 815 g/mol. The fraction of sp³-hybridized carbons (Fsp3) is 0.589. The molecule has 0 aromatic heterocycles. The zero-order valence-electron chi connectivity index (χ0n) is 41.3. The van der Waals surface area contributed by atoms with Crippen LogP contribution in [0.4, 0.5) is 0 Å². The summed E-state index contributed by atoms with van der Waals surface area (Å²) in [7, 11) is 5.92. The monoisotopic (exact) mass is 905 g/mol. The van der Waals surface area contributed by atoms with E-state index in [1.807, 2.05) is 21.1 Å². The van der Waals surface area contributed by atoms with Gasteiger partial charge in [0.15, 0.2) is 6.10 Å². The van der Waals surface area contributed by atoms with E-state index in [0.717, 1.165) is 122 Å². The Hall–Kier alpha value is -4.31. The minimum absolute atomic E-state index is 0.176. The van der Waals surface area contributed by atoms with Gasteiger partial charge in [-0.1, -0.05) is 174 Å². The Bertz CT molecular complexity index is 1470. The Balaban J connectivity index is 4.18. The number of carboxylic acids is 1. The first-order chi connectivity index (χ1) is 31.6. The van der Waals surface area contributed by atoms with Gasteiger partial charge < -0.3 is 28.5 Å². The fourth-order valence-corrected chi connectivity index (χ4v) is 5.92. The Kier molecular flexibility index (Phi) is 43.2. The number of hydrogen-bond donors (Lipinski definition) is 1. The molecule has 0 spiro atoms. The van der Waals surface area contributed by atoms with Crippen molar-refractivity contribution in [3.05, 3.63) is 122 Å². The first kappa shape index (κ1) is 60.7. The number of quaternary nitrogens is 1. The van der Waals surface area contributed by atoms with Gasteiger partial charge in [-0.15, -0.1) is 0 Å². The number of likely N-dealkylation sites (N-methyl/N-ethyl adjacent to an activating group) is 1. The molecule has 0 aliphatic rings. The second-order valence-electron chi connectivity index (χ2n) is 17.0. The minimum atomic E-state index is -1.52. The summed E-state index contributed by atoms with van der Waals surface area (Å²) in [5.74, 6) is -2.08. The van der Waals surface area contributed by atoms with Gasteiger partial charge in [0.1, 0.15) is 13.2 Å². The van der Waals surface area contributed by atoms with Crippen LogP contribution in [0.2, 0.25) is 0 Å². The third kappa shape index (κ3) is 47.5. The molecule has 0 aliphatic heterocycles. The first-order valence-corrected chi connectivity index (χ1v) is 24.7. The summed E-state index contributed by atoms with van der Waals surface area (Å²) in [5, 5.41) is 9.59. The first-order valence-electron chi connectivity index (χ1n) is 24.7. The minimum Gasteiger partial charge on any atom is -0.477 e. The maximum atomic E-state index is 12.7. The molecule has 0 saturated carbocycles. The van der Waals surface area contributed by atoms with Gasteiger partial charge in [-0.2, -0.15) is 0 Å². The third-order valence-corrected chi connectivity index (χ3v) is 9.73. The van der Waals surface area contributed by atoms with Gasteiger partial charge in [0.2, 0.25) is 0 Å². The molecule has 9 heteroatoms. The summed E-state index contributed by atoms with van der Waals surface area (Å²) in [6.07, 6.45) is 61.8. The van der Waals surface area contributed by atoms with Crippen LogP contribution < -0.4 is 0 Å². The summed E-state index contributed by atoms with van der Waals surface area (Å²) in [4.78, 5) is 36.8. The van der Waals surface area contributed by atoms with E-state index in [4.69, 9.17) is 18.9 Å². The molecule has 0 bridgehead atoms. The van der Waals surface area contributed by atoms with Crippen LogP contribution in [0.3, 0.4) is 0 Å². The molecule has 0 fully saturated rings. The van der Waals surface area contributed by atoms with Crippen molar-refractivity contribution in [3.8, 4) is 0 Å². The van der Waals surface area contributed by atoms with Crippen LogP contribution in [0.15, 0.2) is 122 Å². The molecule has 65 heavy (non-hydrogen) atoms. The highest BCUT2D eigenvalue weighted by molar-refractivity contribution is 5.71. The normalized spacial score (nSPS) is 13.9. The van der Waals surface area contributed by atoms with Crippen LogP contribution in [0.25, 0.3) is 0 Å². The Morgan fingerprint density at radius 3 is 1.29 bits per heavy atom. The maximum absolute atomic E-state index is 12.7. The summed E-state index contributed by atoms with van der Waals surface area (Å²) in [5.41, 5.74) is 0. The van der Waals surface area contributed by atoms with Gasteiger partial charge in [0.05, 0.1) is 34.4 Å². The Morgan fingerprint density at radius 1 is 0.477 bits per heavy atom. The molecule has 2 unspecified atom stereocenters. The zero-order chi connectivity index (χ0) is 47.7. The molecule has 1 N–H and O–H groups in total. The van der Waals surface area contributed by atoms with Crippen molar-refractivity contribution in [1.29, 1.82) is 0 Å². The van der Waals surface area contributed by atoms with Crippen molar-refractivity contribution in [2.45, 2.75) is 167 Å². The van der Waals surface area contributed by atoms with Crippen molar-refractivity contribution >= 4 is 17.9 Å². The maximum Gasteiger partial charge on any atom is 0.361 e. The SMILES string of the molecule is CC/C=C\C/C=C\C/C=C\C/C=C\C/C=C\C/C=C\C/C=C\C/C=C\C/C=C\C/C=C\CCCCCCC(=O)OC(COC(=O)CCCCCCC)COC(OCC[N+](C)(C)C)C(=O)O. The van der Waals surface area contributed by atoms with E-state index >= 15 is 0 Å². The van der Waals surface area contributed by atoms with E-state index in [9.17, 15) is 19.5 Å². The largest absolute Gasteiger partial charge is 0.477 e. The fourth-order valence-electron chi connectivity index (χ4n) is 5.92. The number of carboxylic acid groups (broad SMARTS) is 1. The number of unbranched alkanes of at least 4 members (excludes halogenated alkanes) is 8. The Labute approximate surface area is 396 Å². The number of esters is 2. The van der Waals surface area contributed by atoms with Crippen LogP contribution >= 0.6 is 0 Å². The van der Waals surface area contributed by atoms with E-state index in [1.54, 1.807) is 0 Å². The number of carbonyl (C=O) groups excluding carboxylic acids is 2. The molecule has 0 radical (unpaired) electrons. The van der Waals surface area contributed by atoms with E-state index in [1.165, 1.54) is 0 Å². The van der Waals surface area contributed by atoms with E-state index in [2.05, 4.69) is 135 Å². The molecule has 0 heterocycles. The van der Waals surface area contributed by atoms with Crippen molar-refractivity contribution < 1.29 is 42.9 Å². The smallest absolute Gasteiger partial charge is 0.361 e. The third-order valence-electron chi connectivity index (χ3n) is 9.73. The number of rotatable bonds is 43. The zero-order valence-corrected chi connectivity index (χ0v) is 41.3. The topological polar surface area (TPSA) is 108 Å². The molecule has 2 atom stereocenters. The molecule has 9 nitrogen and oxygen atoms in total. The highest BCUT2D eigenvalue weighted by Gasteiger charge is 2.25. The molecule has 0 amide bonds. The van der Waals surface area contributed by atoms with Crippen molar-refractivity contribution in [2.75, 3.05) is 47.5 Å². The van der Waals surface area contributed by atoms with Crippen molar-refractivity contribution in [2.24, 2.45) is 0 Å². The number of carbonyl (C=O) groups is 3. The second-order valence-corrected chi connectivity index (χ2v) is 17.0. The molecular formula is C56H90NO8+. The van der Waals surface area contributed by atoms with E-state index < -0.39 is 24.3 Å². The van der Waals surface area contributed by atoms with Gasteiger partial charge in [0, 0.05) is 12.8 Å². The molecule has 0 saturated heterocycles. The lowest BCUT2D eigenvalue weighted by atomic mass is 10.1. The summed E-state index contributed by atoms with van der Waals surface area (Å²) in [6.45, 7) is 4.59. The summed E-state index contributed by atoms with van der Waals surface area (Å²) < 4.78 is 22.5.